The van der Waals surface area contributed by atoms with Crippen LogP contribution in [0, 0.1) is 0 Å². The standard InChI is InChI=1S/C19H19F3N4O2/c1-27-18-5-2-12(8-24-18)7-23-9-14-10-28-11-17-25-15-6-13(19(20,21)22)3-4-16(15)26(14)17/h2-6,8,14,23H,7,9-11H2,1H3. The van der Waals surface area contributed by atoms with E-state index in [9.17, 15) is 13.2 Å². The molecule has 0 amide bonds. The molecule has 0 radical (unpaired) electrons. The van der Waals surface area contributed by atoms with E-state index in [2.05, 4.69) is 15.3 Å². The molecule has 4 rings (SSSR count). The summed E-state index contributed by atoms with van der Waals surface area (Å²) in [5.41, 5.74) is 1.32. The van der Waals surface area contributed by atoms with Crippen LogP contribution in [0.2, 0.25) is 0 Å². The minimum Gasteiger partial charge on any atom is -0.481 e. The Kier molecular flexibility index (Phi) is 4.94. The maximum atomic E-state index is 13.0. The van der Waals surface area contributed by atoms with E-state index >= 15 is 0 Å². The van der Waals surface area contributed by atoms with Gasteiger partial charge >= 0.3 is 6.18 Å². The fourth-order valence-corrected chi connectivity index (χ4v) is 3.36. The number of aromatic nitrogens is 3. The number of fused-ring (bicyclic) bond motifs is 3. The second kappa shape index (κ2) is 7.40. The van der Waals surface area contributed by atoms with Gasteiger partial charge in [0.05, 0.1) is 36.4 Å². The molecule has 1 aliphatic heterocycles. The molecule has 0 spiro atoms. The summed E-state index contributed by atoms with van der Waals surface area (Å²) >= 11 is 0. The van der Waals surface area contributed by atoms with Crippen molar-refractivity contribution in [3.8, 4) is 5.88 Å². The number of methoxy groups -OCH3 is 1. The first kappa shape index (κ1) is 18.7. The Morgan fingerprint density at radius 2 is 2.14 bits per heavy atom. The Labute approximate surface area is 159 Å². The van der Waals surface area contributed by atoms with E-state index in [1.165, 1.54) is 6.07 Å². The molecule has 6 nitrogen and oxygen atoms in total. The van der Waals surface area contributed by atoms with Gasteiger partial charge in [0.2, 0.25) is 5.88 Å². The van der Waals surface area contributed by atoms with E-state index < -0.39 is 11.7 Å². The van der Waals surface area contributed by atoms with Crippen molar-refractivity contribution < 1.29 is 22.6 Å². The first-order chi connectivity index (χ1) is 13.5. The zero-order valence-corrected chi connectivity index (χ0v) is 15.2. The predicted molar refractivity (Wildman–Crippen MR) is 95.9 cm³/mol. The Hall–Kier alpha value is -2.65. The van der Waals surface area contributed by atoms with Crippen LogP contribution in [-0.4, -0.2) is 34.8 Å². The van der Waals surface area contributed by atoms with Gasteiger partial charge in [0.25, 0.3) is 0 Å². The molecule has 0 saturated carbocycles. The van der Waals surface area contributed by atoms with Crippen LogP contribution < -0.4 is 10.1 Å². The van der Waals surface area contributed by atoms with Gasteiger partial charge in [-0.15, -0.1) is 0 Å². The molecule has 0 bridgehead atoms. The number of alkyl halides is 3. The van der Waals surface area contributed by atoms with Gasteiger partial charge in [0.15, 0.2) is 0 Å². The van der Waals surface area contributed by atoms with Crippen molar-refractivity contribution in [2.45, 2.75) is 25.4 Å². The smallest absolute Gasteiger partial charge is 0.416 e. The molecule has 0 fully saturated rings. The lowest BCUT2D eigenvalue weighted by Crippen LogP contribution is -2.32. The number of nitrogens with zero attached hydrogens (tertiary/aromatic N) is 3. The summed E-state index contributed by atoms with van der Waals surface area (Å²) in [4.78, 5) is 8.51. The van der Waals surface area contributed by atoms with Crippen molar-refractivity contribution in [1.29, 1.82) is 0 Å². The number of halogens is 3. The van der Waals surface area contributed by atoms with Crippen molar-refractivity contribution in [3.63, 3.8) is 0 Å². The van der Waals surface area contributed by atoms with E-state index in [1.54, 1.807) is 19.4 Å². The van der Waals surface area contributed by atoms with Crippen molar-refractivity contribution in [2.75, 3.05) is 20.3 Å². The number of ether oxygens (including phenoxy) is 2. The minimum absolute atomic E-state index is 0.0586. The first-order valence-corrected chi connectivity index (χ1v) is 8.81. The molecule has 1 atom stereocenters. The third-order valence-corrected chi connectivity index (χ3v) is 4.71. The van der Waals surface area contributed by atoms with Gasteiger partial charge in [-0.25, -0.2) is 9.97 Å². The van der Waals surface area contributed by atoms with Gasteiger partial charge in [0.1, 0.15) is 12.4 Å². The number of hydrogen-bond acceptors (Lipinski definition) is 5. The van der Waals surface area contributed by atoms with Crippen LogP contribution in [0.5, 0.6) is 5.88 Å². The Morgan fingerprint density at radius 3 is 2.86 bits per heavy atom. The molecule has 28 heavy (non-hydrogen) atoms. The monoisotopic (exact) mass is 392 g/mol. The molecule has 1 aliphatic rings. The third kappa shape index (κ3) is 3.67. The van der Waals surface area contributed by atoms with E-state index in [0.717, 1.165) is 17.7 Å². The van der Waals surface area contributed by atoms with Gasteiger partial charge in [-0.3, -0.25) is 0 Å². The van der Waals surface area contributed by atoms with Crippen molar-refractivity contribution in [3.05, 3.63) is 53.5 Å². The summed E-state index contributed by atoms with van der Waals surface area (Å²) in [5.74, 6) is 1.19. The zero-order valence-electron chi connectivity index (χ0n) is 15.2. The highest BCUT2D eigenvalue weighted by molar-refractivity contribution is 5.77. The van der Waals surface area contributed by atoms with Gasteiger partial charge in [-0.1, -0.05) is 6.07 Å². The Bertz CT molecular complexity index is 970. The average molecular weight is 392 g/mol. The summed E-state index contributed by atoms with van der Waals surface area (Å²) < 4.78 is 51.5. The number of hydrogen-bond donors (Lipinski definition) is 1. The van der Waals surface area contributed by atoms with E-state index in [-0.39, 0.29) is 12.6 Å². The second-order valence-electron chi connectivity index (χ2n) is 6.61. The van der Waals surface area contributed by atoms with Crippen molar-refractivity contribution in [2.24, 2.45) is 0 Å². The molecule has 0 aliphatic carbocycles. The van der Waals surface area contributed by atoms with Crippen LogP contribution >= 0.6 is 0 Å². The number of nitrogens with one attached hydrogen (secondary N) is 1. The average Bonchev–Trinajstić information content (AvgIpc) is 3.06. The van der Waals surface area contributed by atoms with Gasteiger partial charge < -0.3 is 19.4 Å². The van der Waals surface area contributed by atoms with Gasteiger partial charge in [-0.2, -0.15) is 13.2 Å². The van der Waals surface area contributed by atoms with E-state index in [0.29, 0.717) is 42.4 Å². The van der Waals surface area contributed by atoms with Crippen LogP contribution in [0.1, 0.15) is 23.0 Å². The quantitative estimate of drug-likeness (QED) is 0.722. The normalized spacial score (nSPS) is 16.9. The number of benzene rings is 1. The number of rotatable bonds is 5. The summed E-state index contributed by atoms with van der Waals surface area (Å²) in [5, 5.41) is 3.35. The van der Waals surface area contributed by atoms with Crippen LogP contribution in [0.3, 0.4) is 0 Å². The minimum atomic E-state index is -4.39. The molecule has 3 heterocycles. The molecule has 1 unspecified atom stereocenters. The highest BCUT2D eigenvalue weighted by atomic mass is 19.4. The summed E-state index contributed by atoms with van der Waals surface area (Å²) in [6.45, 7) is 1.95. The lowest BCUT2D eigenvalue weighted by molar-refractivity contribution is -0.137. The van der Waals surface area contributed by atoms with Crippen LogP contribution in [-0.2, 0) is 24.1 Å². The fraction of sp³-hybridized carbons (Fsp3) is 0.368. The van der Waals surface area contributed by atoms with Crippen LogP contribution in [0.4, 0.5) is 13.2 Å². The lowest BCUT2D eigenvalue weighted by atomic mass is 10.2. The van der Waals surface area contributed by atoms with E-state index in [4.69, 9.17) is 9.47 Å². The van der Waals surface area contributed by atoms with Gasteiger partial charge in [0, 0.05) is 25.4 Å². The zero-order chi connectivity index (χ0) is 19.7. The molecule has 3 aromatic rings. The molecule has 1 aromatic carbocycles. The number of pyridine rings is 1. The summed E-state index contributed by atoms with van der Waals surface area (Å²) in [7, 11) is 1.56. The third-order valence-electron chi connectivity index (χ3n) is 4.71. The molecule has 9 heteroatoms. The molecular weight excluding hydrogens is 373 g/mol. The summed E-state index contributed by atoms with van der Waals surface area (Å²) in [6, 6.07) is 7.33. The highest BCUT2D eigenvalue weighted by Crippen LogP contribution is 2.33. The SMILES string of the molecule is COc1ccc(CNCC2COCc3nc4cc(C(F)(F)F)ccc4n32)cn1. The largest absolute Gasteiger partial charge is 0.481 e. The van der Waals surface area contributed by atoms with E-state index in [1.807, 2.05) is 10.6 Å². The van der Waals surface area contributed by atoms with Crippen molar-refractivity contribution >= 4 is 11.0 Å². The Balaban J connectivity index is 1.51. The predicted octanol–water partition coefficient (Wildman–Crippen LogP) is 3.32. The highest BCUT2D eigenvalue weighted by Gasteiger charge is 2.32. The summed E-state index contributed by atoms with van der Waals surface area (Å²) in [6.07, 6.45) is -2.65. The maximum Gasteiger partial charge on any atom is 0.416 e. The number of imidazole rings is 1. The topological polar surface area (TPSA) is 61.2 Å². The molecule has 0 saturated heterocycles. The van der Waals surface area contributed by atoms with Gasteiger partial charge in [-0.05, 0) is 23.8 Å². The fourth-order valence-electron chi connectivity index (χ4n) is 3.36. The maximum absolute atomic E-state index is 13.0. The Morgan fingerprint density at radius 1 is 1.29 bits per heavy atom. The second-order valence-corrected chi connectivity index (χ2v) is 6.61. The molecular formula is C19H19F3N4O2. The van der Waals surface area contributed by atoms with Crippen LogP contribution in [0.15, 0.2) is 36.5 Å². The van der Waals surface area contributed by atoms with Crippen LogP contribution in [0.25, 0.3) is 11.0 Å². The lowest BCUT2D eigenvalue weighted by Gasteiger charge is -2.26. The molecule has 148 valence electrons. The first-order valence-electron chi connectivity index (χ1n) is 8.81. The van der Waals surface area contributed by atoms with Crippen molar-refractivity contribution in [1.82, 2.24) is 19.9 Å². The molecule has 1 N–H and O–H groups in total. The molecule has 2 aromatic heterocycles.